The molecule has 130 valence electrons. The van der Waals surface area contributed by atoms with Crippen molar-refractivity contribution < 1.29 is 4.79 Å². The number of carbonyl (C=O) groups is 1. The number of rotatable bonds is 7. The summed E-state index contributed by atoms with van der Waals surface area (Å²) in [4.78, 5) is 18.6. The number of nitrogens with zero attached hydrogens (tertiary/aromatic N) is 3. The SMILES string of the molecule is CCN(CC)c1ccc(NC(=O)CSc2ncccc2C#N)c(C)c1. The Morgan fingerprint density at radius 3 is 2.72 bits per heavy atom. The van der Waals surface area contributed by atoms with E-state index in [2.05, 4.69) is 41.2 Å². The fraction of sp³-hybridized carbons (Fsp3) is 0.316. The molecule has 0 aliphatic heterocycles. The molecule has 0 fully saturated rings. The van der Waals surface area contributed by atoms with Crippen LogP contribution in [0.5, 0.6) is 0 Å². The monoisotopic (exact) mass is 354 g/mol. The van der Waals surface area contributed by atoms with Crippen molar-refractivity contribution in [3.05, 3.63) is 47.7 Å². The minimum atomic E-state index is -0.113. The van der Waals surface area contributed by atoms with Gasteiger partial charge in [-0.25, -0.2) is 4.98 Å². The highest BCUT2D eigenvalue weighted by atomic mass is 32.2. The maximum atomic E-state index is 12.2. The first-order valence-corrected chi connectivity index (χ1v) is 9.21. The Morgan fingerprint density at radius 1 is 1.32 bits per heavy atom. The number of hydrogen-bond acceptors (Lipinski definition) is 5. The molecule has 1 amide bonds. The Morgan fingerprint density at radius 2 is 2.08 bits per heavy atom. The summed E-state index contributed by atoms with van der Waals surface area (Å²) in [7, 11) is 0. The third kappa shape index (κ3) is 4.97. The lowest BCUT2D eigenvalue weighted by atomic mass is 10.1. The number of pyridine rings is 1. The molecule has 25 heavy (non-hydrogen) atoms. The fourth-order valence-corrected chi connectivity index (χ4v) is 3.23. The first kappa shape index (κ1) is 18.8. The van der Waals surface area contributed by atoms with E-state index < -0.39 is 0 Å². The smallest absolute Gasteiger partial charge is 0.234 e. The van der Waals surface area contributed by atoms with Gasteiger partial charge in [0.2, 0.25) is 5.91 Å². The maximum Gasteiger partial charge on any atom is 0.234 e. The summed E-state index contributed by atoms with van der Waals surface area (Å²) in [5.74, 6) is 0.0985. The molecule has 0 unspecified atom stereocenters. The van der Waals surface area contributed by atoms with Crippen LogP contribution in [-0.2, 0) is 4.79 Å². The van der Waals surface area contributed by atoms with Gasteiger partial charge in [0, 0.05) is 30.7 Å². The topological polar surface area (TPSA) is 69.0 Å². The highest BCUT2D eigenvalue weighted by Crippen LogP contribution is 2.24. The number of hydrogen-bond donors (Lipinski definition) is 1. The number of benzene rings is 1. The Bertz CT molecular complexity index is 781. The van der Waals surface area contributed by atoms with Gasteiger partial charge < -0.3 is 10.2 Å². The number of nitrogens with one attached hydrogen (secondary N) is 1. The molecule has 1 heterocycles. The van der Waals surface area contributed by atoms with Crippen LogP contribution in [0, 0.1) is 18.3 Å². The molecule has 2 aromatic rings. The Hall–Kier alpha value is -2.52. The number of anilines is 2. The Balaban J connectivity index is 2.00. The van der Waals surface area contributed by atoms with Crippen molar-refractivity contribution in [3.8, 4) is 6.07 Å². The summed E-state index contributed by atoms with van der Waals surface area (Å²) in [5, 5.41) is 12.6. The first-order valence-electron chi connectivity index (χ1n) is 8.22. The fourth-order valence-electron chi connectivity index (χ4n) is 2.48. The quantitative estimate of drug-likeness (QED) is 0.765. The Labute approximate surface area is 153 Å². The molecule has 6 heteroatoms. The van der Waals surface area contributed by atoms with E-state index in [1.807, 2.05) is 19.1 Å². The van der Waals surface area contributed by atoms with Gasteiger partial charge in [-0.2, -0.15) is 5.26 Å². The second kappa shape index (κ2) is 9.09. The summed E-state index contributed by atoms with van der Waals surface area (Å²) >= 11 is 1.27. The lowest BCUT2D eigenvalue weighted by molar-refractivity contribution is -0.113. The van der Waals surface area contributed by atoms with E-state index in [1.165, 1.54) is 11.8 Å². The minimum Gasteiger partial charge on any atom is -0.372 e. The highest BCUT2D eigenvalue weighted by Gasteiger charge is 2.10. The zero-order chi connectivity index (χ0) is 18.2. The molecule has 0 atom stereocenters. The van der Waals surface area contributed by atoms with E-state index in [0.717, 1.165) is 30.0 Å². The third-order valence-corrected chi connectivity index (χ3v) is 4.85. The van der Waals surface area contributed by atoms with Gasteiger partial charge in [0.25, 0.3) is 0 Å². The first-order chi connectivity index (χ1) is 12.1. The molecule has 0 saturated carbocycles. The molecule has 0 aliphatic rings. The van der Waals surface area contributed by atoms with Gasteiger partial charge in [-0.05, 0) is 56.7 Å². The van der Waals surface area contributed by atoms with Crippen LogP contribution >= 0.6 is 11.8 Å². The maximum absolute atomic E-state index is 12.2. The van der Waals surface area contributed by atoms with Crippen molar-refractivity contribution in [2.75, 3.05) is 29.1 Å². The van der Waals surface area contributed by atoms with Crippen molar-refractivity contribution in [1.29, 1.82) is 5.26 Å². The predicted octanol–water partition coefficient (Wildman–Crippen LogP) is 3.84. The van der Waals surface area contributed by atoms with E-state index >= 15 is 0 Å². The third-order valence-electron chi connectivity index (χ3n) is 3.84. The molecular weight excluding hydrogens is 332 g/mol. The second-order valence-corrected chi connectivity index (χ2v) is 6.44. The zero-order valence-corrected chi connectivity index (χ0v) is 15.6. The number of amides is 1. The van der Waals surface area contributed by atoms with Crippen molar-refractivity contribution >= 4 is 29.0 Å². The van der Waals surface area contributed by atoms with E-state index in [-0.39, 0.29) is 11.7 Å². The number of nitriles is 1. The van der Waals surface area contributed by atoms with Crippen molar-refractivity contribution in [3.63, 3.8) is 0 Å². The molecule has 0 radical (unpaired) electrons. The predicted molar refractivity (Wildman–Crippen MR) is 103 cm³/mol. The summed E-state index contributed by atoms with van der Waals surface area (Å²) in [6, 6.07) is 11.5. The van der Waals surface area contributed by atoms with Crippen LogP contribution in [-0.4, -0.2) is 29.7 Å². The summed E-state index contributed by atoms with van der Waals surface area (Å²) in [6.07, 6.45) is 1.62. The zero-order valence-electron chi connectivity index (χ0n) is 14.7. The van der Waals surface area contributed by atoms with Crippen LogP contribution in [0.1, 0.15) is 25.0 Å². The van der Waals surface area contributed by atoms with Crippen LogP contribution in [0.25, 0.3) is 0 Å². The number of carbonyl (C=O) groups excluding carboxylic acids is 1. The van der Waals surface area contributed by atoms with Gasteiger partial charge >= 0.3 is 0 Å². The van der Waals surface area contributed by atoms with Crippen LogP contribution < -0.4 is 10.2 Å². The van der Waals surface area contributed by atoms with Crippen molar-refractivity contribution in [2.45, 2.75) is 25.8 Å². The van der Waals surface area contributed by atoms with Crippen LogP contribution in [0.15, 0.2) is 41.6 Å². The normalized spacial score (nSPS) is 10.2. The minimum absolute atomic E-state index is 0.113. The average Bonchev–Trinajstić information content (AvgIpc) is 2.63. The van der Waals surface area contributed by atoms with Gasteiger partial charge in [0.1, 0.15) is 11.1 Å². The van der Waals surface area contributed by atoms with Gasteiger partial charge in [0.05, 0.1) is 11.3 Å². The molecule has 0 bridgehead atoms. The number of aryl methyl sites for hydroxylation is 1. The molecule has 1 aromatic carbocycles. The van der Waals surface area contributed by atoms with E-state index in [0.29, 0.717) is 10.6 Å². The Kier molecular flexibility index (Phi) is 6.84. The van der Waals surface area contributed by atoms with Crippen LogP contribution in [0.3, 0.4) is 0 Å². The molecule has 2 rings (SSSR count). The molecule has 1 aromatic heterocycles. The van der Waals surface area contributed by atoms with Gasteiger partial charge in [-0.3, -0.25) is 4.79 Å². The number of aromatic nitrogens is 1. The van der Waals surface area contributed by atoms with Gasteiger partial charge in [-0.15, -0.1) is 0 Å². The lowest BCUT2D eigenvalue weighted by Crippen LogP contribution is -2.22. The number of thioether (sulfide) groups is 1. The van der Waals surface area contributed by atoms with Gasteiger partial charge in [0.15, 0.2) is 0 Å². The van der Waals surface area contributed by atoms with Crippen molar-refractivity contribution in [2.24, 2.45) is 0 Å². The molecule has 0 saturated heterocycles. The molecule has 1 N–H and O–H groups in total. The molecule has 0 aliphatic carbocycles. The largest absolute Gasteiger partial charge is 0.372 e. The van der Waals surface area contributed by atoms with E-state index in [1.54, 1.807) is 18.3 Å². The van der Waals surface area contributed by atoms with Crippen molar-refractivity contribution in [1.82, 2.24) is 4.98 Å². The molecule has 5 nitrogen and oxygen atoms in total. The van der Waals surface area contributed by atoms with E-state index in [9.17, 15) is 4.79 Å². The second-order valence-electron chi connectivity index (χ2n) is 5.48. The van der Waals surface area contributed by atoms with Crippen LogP contribution in [0.2, 0.25) is 0 Å². The highest BCUT2D eigenvalue weighted by molar-refractivity contribution is 8.00. The summed E-state index contributed by atoms with van der Waals surface area (Å²) in [6.45, 7) is 8.13. The summed E-state index contributed by atoms with van der Waals surface area (Å²) < 4.78 is 0. The summed E-state index contributed by atoms with van der Waals surface area (Å²) in [5.41, 5.74) is 3.48. The average molecular weight is 354 g/mol. The molecule has 0 spiro atoms. The standard InChI is InChI=1S/C19H22N4OS/c1-4-23(5-2)16-8-9-17(14(3)11-16)22-18(24)13-25-19-15(12-20)7-6-10-21-19/h6-11H,4-5,13H2,1-3H3,(H,22,24). The van der Waals surface area contributed by atoms with Gasteiger partial charge in [-0.1, -0.05) is 11.8 Å². The van der Waals surface area contributed by atoms with Crippen LogP contribution in [0.4, 0.5) is 11.4 Å². The lowest BCUT2D eigenvalue weighted by Gasteiger charge is -2.22. The van der Waals surface area contributed by atoms with E-state index in [4.69, 9.17) is 5.26 Å². The molecular formula is C19H22N4OS.